The van der Waals surface area contributed by atoms with Crippen LogP contribution in [0.3, 0.4) is 0 Å². The molecule has 1 aliphatic rings. The molecule has 0 aromatic carbocycles. The zero-order valence-electron chi connectivity index (χ0n) is 15.3. The first kappa shape index (κ1) is 19.0. The summed E-state index contributed by atoms with van der Waals surface area (Å²) in [7, 11) is 0. The summed E-state index contributed by atoms with van der Waals surface area (Å²) in [6.07, 6.45) is 5.59. The average molecular weight is 393 g/mol. The predicted octanol–water partition coefficient (Wildman–Crippen LogP) is 5.14. The molecule has 0 spiro atoms. The van der Waals surface area contributed by atoms with E-state index in [1.807, 2.05) is 19.2 Å². The largest absolute Gasteiger partial charge is 0.478 e. The second-order valence-electron chi connectivity index (χ2n) is 7.23. The highest BCUT2D eigenvalue weighted by atomic mass is 32.1. The van der Waals surface area contributed by atoms with Gasteiger partial charge in [-0.1, -0.05) is 6.92 Å². The molecule has 1 fully saturated rings. The van der Waals surface area contributed by atoms with Gasteiger partial charge in [-0.25, -0.2) is 9.78 Å². The number of hydrogen-bond donors (Lipinski definition) is 1. The molecule has 2 aromatic heterocycles. The maximum Gasteiger partial charge on any atom is 0.338 e. The molecule has 1 aliphatic carbocycles. The Bertz CT molecular complexity index is 775. The maximum absolute atomic E-state index is 13.2. The van der Waals surface area contributed by atoms with Crippen LogP contribution in [0.4, 0.5) is 5.00 Å². The fraction of sp³-hybridized carbons (Fsp3) is 0.526. The number of aromatic carboxylic acids is 1. The predicted molar refractivity (Wildman–Crippen MR) is 106 cm³/mol. The van der Waals surface area contributed by atoms with Crippen molar-refractivity contribution in [2.45, 2.75) is 52.5 Å². The Morgan fingerprint density at radius 3 is 2.50 bits per heavy atom. The summed E-state index contributed by atoms with van der Waals surface area (Å²) in [5.74, 6) is -0.295. The van der Waals surface area contributed by atoms with Crippen molar-refractivity contribution in [1.82, 2.24) is 4.98 Å². The number of thiophene rings is 1. The lowest BCUT2D eigenvalue weighted by atomic mass is 9.82. The second kappa shape index (κ2) is 7.88. The molecule has 2 aromatic rings. The van der Waals surface area contributed by atoms with E-state index in [-0.39, 0.29) is 23.4 Å². The molecule has 0 bridgehead atoms. The number of aromatic nitrogens is 1. The molecule has 1 saturated carbocycles. The fourth-order valence-corrected chi connectivity index (χ4v) is 5.45. The van der Waals surface area contributed by atoms with Gasteiger partial charge in [-0.05, 0) is 51.5 Å². The van der Waals surface area contributed by atoms with Gasteiger partial charge in [-0.3, -0.25) is 4.79 Å². The van der Waals surface area contributed by atoms with E-state index in [1.165, 1.54) is 22.7 Å². The molecule has 1 N–H and O–H groups in total. The van der Waals surface area contributed by atoms with E-state index in [1.54, 1.807) is 17.2 Å². The maximum atomic E-state index is 13.2. The highest BCUT2D eigenvalue weighted by Crippen LogP contribution is 2.41. The molecule has 0 radical (unpaired) electrons. The number of carboxylic acids is 1. The summed E-state index contributed by atoms with van der Waals surface area (Å²) in [5.41, 5.74) is 0.187. The summed E-state index contributed by atoms with van der Waals surface area (Å²) in [5, 5.41) is 12.9. The first-order valence-corrected chi connectivity index (χ1v) is 10.7. The Morgan fingerprint density at radius 1 is 1.27 bits per heavy atom. The summed E-state index contributed by atoms with van der Waals surface area (Å²) in [6, 6.07) is 1.55. The van der Waals surface area contributed by atoms with Crippen LogP contribution >= 0.6 is 22.7 Å². The number of anilines is 1. The van der Waals surface area contributed by atoms with Gasteiger partial charge >= 0.3 is 5.97 Å². The van der Waals surface area contributed by atoms with Crippen LogP contribution in [0.25, 0.3) is 9.88 Å². The molecule has 0 atom stereocenters. The third-order valence-corrected chi connectivity index (χ3v) is 7.00. The molecule has 1 amide bonds. The van der Waals surface area contributed by atoms with Gasteiger partial charge in [0, 0.05) is 23.5 Å². The van der Waals surface area contributed by atoms with Crippen molar-refractivity contribution in [1.29, 1.82) is 0 Å². The van der Waals surface area contributed by atoms with Crippen LogP contribution in [0.15, 0.2) is 17.6 Å². The number of carbonyl (C=O) groups excluding carboxylic acids is 1. The van der Waals surface area contributed by atoms with E-state index < -0.39 is 5.97 Å². The van der Waals surface area contributed by atoms with E-state index in [4.69, 9.17) is 0 Å². The number of rotatable bonds is 5. The summed E-state index contributed by atoms with van der Waals surface area (Å²) in [4.78, 5) is 31.8. The Kier molecular flexibility index (Phi) is 5.77. The van der Waals surface area contributed by atoms with Crippen LogP contribution in [-0.4, -0.2) is 28.0 Å². The van der Waals surface area contributed by atoms with Crippen LogP contribution in [0.1, 0.15) is 56.8 Å². The number of thiazole rings is 1. The number of carboxylic acid groups (broad SMARTS) is 1. The minimum atomic E-state index is -1.00. The SMILES string of the molecule is CC(C)N(c1sc(-c2nccs2)cc1C(=O)O)C(=O)[C@H]1CC[C@H](C)CC1. The summed E-state index contributed by atoms with van der Waals surface area (Å²) < 4.78 is 0. The first-order valence-electron chi connectivity index (χ1n) is 8.98. The van der Waals surface area contributed by atoms with Crippen molar-refractivity contribution in [3.8, 4) is 9.88 Å². The van der Waals surface area contributed by atoms with Crippen LogP contribution in [0.5, 0.6) is 0 Å². The third kappa shape index (κ3) is 3.83. The quantitative estimate of drug-likeness (QED) is 0.765. The molecule has 140 valence electrons. The van der Waals surface area contributed by atoms with Gasteiger partial charge in [0.1, 0.15) is 10.0 Å². The fourth-order valence-electron chi connectivity index (χ4n) is 3.46. The average Bonchev–Trinajstić information content (AvgIpc) is 3.24. The molecule has 3 rings (SSSR count). The van der Waals surface area contributed by atoms with E-state index in [9.17, 15) is 14.7 Å². The molecule has 5 nitrogen and oxygen atoms in total. The zero-order chi connectivity index (χ0) is 18.8. The van der Waals surface area contributed by atoms with Crippen molar-refractivity contribution >= 4 is 39.6 Å². The van der Waals surface area contributed by atoms with Gasteiger partial charge in [0.25, 0.3) is 0 Å². The third-order valence-electron chi connectivity index (χ3n) is 4.92. The van der Waals surface area contributed by atoms with E-state index in [0.29, 0.717) is 10.9 Å². The van der Waals surface area contributed by atoms with Crippen LogP contribution in [-0.2, 0) is 4.79 Å². The van der Waals surface area contributed by atoms with Gasteiger partial charge < -0.3 is 10.0 Å². The molecule has 2 heterocycles. The van der Waals surface area contributed by atoms with Crippen molar-refractivity contribution in [3.05, 3.63) is 23.2 Å². The Morgan fingerprint density at radius 2 is 1.96 bits per heavy atom. The minimum absolute atomic E-state index is 0.0133. The molecule has 0 unspecified atom stereocenters. The molecule has 7 heteroatoms. The molecule has 0 saturated heterocycles. The van der Waals surface area contributed by atoms with Gasteiger partial charge in [0.05, 0.1) is 10.4 Å². The number of nitrogens with zero attached hydrogens (tertiary/aromatic N) is 2. The lowest BCUT2D eigenvalue weighted by Crippen LogP contribution is -2.42. The molecular weight excluding hydrogens is 368 g/mol. The van der Waals surface area contributed by atoms with Crippen molar-refractivity contribution in [2.75, 3.05) is 4.90 Å². The first-order chi connectivity index (χ1) is 12.4. The standard InChI is InChI=1S/C19H24N2O3S2/c1-11(2)21(17(22)13-6-4-12(3)5-7-13)18-14(19(23)24)10-15(26-18)16-20-8-9-25-16/h8-13H,4-7H2,1-3H3,(H,23,24)/t12-,13-. The lowest BCUT2D eigenvalue weighted by molar-refractivity contribution is -0.123. The molecular formula is C19H24N2O3S2. The van der Waals surface area contributed by atoms with E-state index in [0.717, 1.165) is 35.6 Å². The Hall–Kier alpha value is -1.73. The van der Waals surface area contributed by atoms with Gasteiger partial charge in [0.15, 0.2) is 0 Å². The minimum Gasteiger partial charge on any atom is -0.478 e. The van der Waals surface area contributed by atoms with E-state index in [2.05, 4.69) is 11.9 Å². The van der Waals surface area contributed by atoms with Gasteiger partial charge in [-0.15, -0.1) is 22.7 Å². The van der Waals surface area contributed by atoms with Crippen molar-refractivity contribution in [3.63, 3.8) is 0 Å². The van der Waals surface area contributed by atoms with Crippen LogP contribution in [0.2, 0.25) is 0 Å². The molecule has 26 heavy (non-hydrogen) atoms. The number of amides is 1. The highest BCUT2D eigenvalue weighted by molar-refractivity contribution is 7.23. The smallest absolute Gasteiger partial charge is 0.338 e. The van der Waals surface area contributed by atoms with Gasteiger partial charge in [0.2, 0.25) is 5.91 Å². The van der Waals surface area contributed by atoms with Crippen LogP contribution in [0, 0.1) is 11.8 Å². The summed E-state index contributed by atoms with van der Waals surface area (Å²) >= 11 is 2.82. The van der Waals surface area contributed by atoms with Crippen molar-refractivity contribution in [2.24, 2.45) is 11.8 Å². The zero-order valence-corrected chi connectivity index (χ0v) is 16.9. The summed E-state index contributed by atoms with van der Waals surface area (Å²) in [6.45, 7) is 6.11. The topological polar surface area (TPSA) is 70.5 Å². The normalized spacial score (nSPS) is 20.3. The van der Waals surface area contributed by atoms with Crippen molar-refractivity contribution < 1.29 is 14.7 Å². The molecule has 0 aliphatic heterocycles. The van der Waals surface area contributed by atoms with Gasteiger partial charge in [-0.2, -0.15) is 0 Å². The lowest BCUT2D eigenvalue weighted by Gasteiger charge is -2.33. The van der Waals surface area contributed by atoms with Crippen LogP contribution < -0.4 is 4.90 Å². The van der Waals surface area contributed by atoms with E-state index >= 15 is 0 Å². The Labute approximate surface area is 161 Å². The number of hydrogen-bond acceptors (Lipinski definition) is 5. The highest BCUT2D eigenvalue weighted by Gasteiger charge is 2.33. The number of carbonyl (C=O) groups is 2. The second-order valence-corrected chi connectivity index (χ2v) is 9.16. The Balaban J connectivity index is 1.97. The monoisotopic (exact) mass is 392 g/mol.